The van der Waals surface area contributed by atoms with Gasteiger partial charge in [-0.2, -0.15) is 0 Å². The van der Waals surface area contributed by atoms with Gasteiger partial charge < -0.3 is 18.3 Å². The fourth-order valence-electron chi connectivity index (χ4n) is 12.9. The fourth-order valence-corrected chi connectivity index (χ4v) is 12.9. The molecule has 0 aliphatic heterocycles. The highest BCUT2D eigenvalue weighted by Gasteiger charge is 2.47. The van der Waals surface area contributed by atoms with E-state index in [4.69, 9.17) is 39.9 Å². The van der Waals surface area contributed by atoms with Crippen LogP contribution in [0, 0.1) is 0 Å². The van der Waals surface area contributed by atoms with Crippen molar-refractivity contribution < 1.29 is 0 Å². The van der Waals surface area contributed by atoms with Gasteiger partial charge in [0.25, 0.3) is 0 Å². The first-order chi connectivity index (χ1) is 38.2. The number of hydrogen-bond acceptors (Lipinski definition) is 8. The van der Waals surface area contributed by atoms with Gasteiger partial charge in [-0.3, -0.25) is 39.9 Å². The molecule has 12 heterocycles. The van der Waals surface area contributed by atoms with E-state index in [-0.39, 0.29) is 0 Å². The van der Waals surface area contributed by atoms with Gasteiger partial charge in [0.15, 0.2) is 0 Å². The summed E-state index contributed by atoms with van der Waals surface area (Å²) in [7, 11) is 0. The molecule has 0 bridgehead atoms. The summed E-state index contributed by atoms with van der Waals surface area (Å²) in [6.07, 6.45) is 14.8. The summed E-state index contributed by atoms with van der Waals surface area (Å²) >= 11 is 0. The number of pyridine rings is 8. The van der Waals surface area contributed by atoms with Gasteiger partial charge in [-0.1, -0.05) is 48.5 Å². The maximum atomic E-state index is 4.96. The lowest BCUT2D eigenvalue weighted by atomic mass is 9.67. The SMILES string of the molecule is c1ccc2c(c1)-c1ccccc1C2(c1cc(-n2c3cccnc3c3ncccc32)cc(-n2c3cccnc3c3ncccc32)c1)c1cc(-n2c3cccnc3c3ncccc32)cc(-n2c3cccnc3c3ncccc32)c1. The number of benzene rings is 4. The van der Waals surface area contributed by atoms with E-state index in [0.29, 0.717) is 0 Å². The Morgan fingerprint density at radius 1 is 0.234 bits per heavy atom. The summed E-state index contributed by atoms with van der Waals surface area (Å²) in [6.45, 7) is 0. The van der Waals surface area contributed by atoms with E-state index < -0.39 is 5.41 Å². The zero-order chi connectivity index (χ0) is 50.3. The number of hydrogen-bond donors (Lipinski definition) is 0. The molecular formula is C65H38N12. The molecule has 77 heavy (non-hydrogen) atoms. The zero-order valence-corrected chi connectivity index (χ0v) is 40.8. The van der Waals surface area contributed by atoms with Crippen LogP contribution in [0.1, 0.15) is 22.3 Å². The van der Waals surface area contributed by atoms with Crippen LogP contribution < -0.4 is 0 Å². The van der Waals surface area contributed by atoms with Crippen molar-refractivity contribution in [2.75, 3.05) is 0 Å². The van der Waals surface area contributed by atoms with E-state index in [1.807, 2.05) is 98.1 Å². The number of aromatic nitrogens is 12. The van der Waals surface area contributed by atoms with Crippen LogP contribution in [0.5, 0.6) is 0 Å². The molecule has 0 radical (unpaired) electrons. The van der Waals surface area contributed by atoms with Crippen LogP contribution in [0.2, 0.25) is 0 Å². The van der Waals surface area contributed by atoms with Crippen molar-refractivity contribution >= 4 is 88.3 Å². The molecule has 4 aromatic carbocycles. The Morgan fingerprint density at radius 3 is 0.688 bits per heavy atom. The van der Waals surface area contributed by atoms with Gasteiger partial charge in [0.2, 0.25) is 0 Å². The van der Waals surface area contributed by atoms with Crippen molar-refractivity contribution in [1.82, 2.24) is 58.1 Å². The van der Waals surface area contributed by atoms with E-state index in [9.17, 15) is 0 Å². The maximum Gasteiger partial charge on any atom is 0.115 e. The van der Waals surface area contributed by atoms with Crippen LogP contribution in [0.4, 0.5) is 0 Å². The molecule has 0 amide bonds. The van der Waals surface area contributed by atoms with E-state index in [0.717, 1.165) is 144 Å². The lowest BCUT2D eigenvalue weighted by Crippen LogP contribution is -2.29. The number of rotatable bonds is 6. The van der Waals surface area contributed by atoms with Gasteiger partial charge in [0.05, 0.1) is 49.5 Å². The fraction of sp³-hybridized carbons (Fsp3) is 0.0154. The quantitative estimate of drug-likeness (QED) is 0.161. The van der Waals surface area contributed by atoms with Crippen LogP contribution in [-0.2, 0) is 5.41 Å². The molecule has 12 nitrogen and oxygen atoms in total. The van der Waals surface area contributed by atoms with Crippen molar-refractivity contribution in [1.29, 1.82) is 0 Å². The van der Waals surface area contributed by atoms with E-state index in [1.165, 1.54) is 0 Å². The second-order valence-electron chi connectivity index (χ2n) is 19.6. The minimum absolute atomic E-state index is 0.828. The van der Waals surface area contributed by atoms with Crippen LogP contribution in [0.15, 0.2) is 232 Å². The standard InChI is InChI=1S/C65H38N12/c1-3-15-47-45(13-1)46-14-2-4-16-48(46)65(47,39-33-41(74-49-17-5-25-66-57(49)58-50(74)18-6-26-67-58)37-42(34-39)75-51-19-7-27-68-59(51)60-52(75)20-8-28-69-60)40-35-43(76-53-21-9-29-70-61(53)62-54(76)22-10-30-71-62)38-44(36-40)77-55-23-11-31-72-63(55)64-56(77)24-12-32-73-64/h1-38H. The minimum atomic E-state index is -0.961. The highest BCUT2D eigenvalue weighted by molar-refractivity contribution is 6.08. The van der Waals surface area contributed by atoms with Gasteiger partial charge in [0.1, 0.15) is 44.1 Å². The molecule has 1 aliphatic rings. The van der Waals surface area contributed by atoms with Crippen molar-refractivity contribution in [2.45, 2.75) is 5.41 Å². The molecule has 12 aromatic heterocycles. The molecule has 0 unspecified atom stereocenters. The number of nitrogens with zero attached hydrogens (tertiary/aromatic N) is 12. The minimum Gasteiger partial charge on any atom is -0.306 e. The molecule has 0 saturated heterocycles. The van der Waals surface area contributed by atoms with Gasteiger partial charge in [-0.25, -0.2) is 0 Å². The summed E-state index contributed by atoms with van der Waals surface area (Å²) < 4.78 is 9.28. The van der Waals surface area contributed by atoms with Crippen molar-refractivity contribution in [2.24, 2.45) is 0 Å². The highest BCUT2D eigenvalue weighted by atomic mass is 15.1. The van der Waals surface area contributed by atoms with Gasteiger partial charge in [0, 0.05) is 72.3 Å². The van der Waals surface area contributed by atoms with Crippen molar-refractivity contribution in [3.05, 3.63) is 254 Å². The molecule has 0 fully saturated rings. The molecule has 358 valence electrons. The highest BCUT2D eigenvalue weighted by Crippen LogP contribution is 2.57. The smallest absolute Gasteiger partial charge is 0.115 e. The normalized spacial score (nSPS) is 13.0. The van der Waals surface area contributed by atoms with Crippen LogP contribution in [0.3, 0.4) is 0 Å². The molecule has 17 rings (SSSR count). The lowest BCUT2D eigenvalue weighted by Gasteiger charge is -2.35. The third-order valence-electron chi connectivity index (χ3n) is 15.8. The first-order valence-corrected chi connectivity index (χ1v) is 25.5. The third kappa shape index (κ3) is 5.64. The summed E-state index contributed by atoms with van der Waals surface area (Å²) in [4.78, 5) is 39.7. The Labute approximate surface area is 437 Å². The predicted octanol–water partition coefficient (Wildman–Crippen LogP) is 13.6. The molecule has 0 N–H and O–H groups in total. The maximum absolute atomic E-state index is 4.96. The lowest BCUT2D eigenvalue weighted by molar-refractivity contribution is 0.763. The second kappa shape index (κ2) is 15.7. The van der Waals surface area contributed by atoms with Gasteiger partial charge in [-0.05, 0) is 167 Å². The Balaban J connectivity index is 1.08. The third-order valence-corrected chi connectivity index (χ3v) is 15.8. The molecular weight excluding hydrogens is 949 g/mol. The Morgan fingerprint density at radius 2 is 0.455 bits per heavy atom. The average Bonchev–Trinajstić information content (AvgIpc) is 4.47. The number of fused-ring (bicyclic) bond motifs is 15. The van der Waals surface area contributed by atoms with E-state index in [2.05, 4.69) is 152 Å². The molecule has 16 aromatic rings. The first kappa shape index (κ1) is 41.7. The molecule has 0 atom stereocenters. The van der Waals surface area contributed by atoms with Gasteiger partial charge in [-0.15, -0.1) is 0 Å². The van der Waals surface area contributed by atoms with Crippen LogP contribution in [-0.4, -0.2) is 58.1 Å². The van der Waals surface area contributed by atoms with Crippen molar-refractivity contribution in [3.63, 3.8) is 0 Å². The first-order valence-electron chi connectivity index (χ1n) is 25.5. The summed E-state index contributed by atoms with van der Waals surface area (Å²) in [6, 6.07) is 65.1. The second-order valence-corrected chi connectivity index (χ2v) is 19.6. The molecule has 0 spiro atoms. The summed E-state index contributed by atoms with van der Waals surface area (Å²) in [5.41, 5.74) is 23.7. The Bertz CT molecular complexity index is 4360. The Hall–Kier alpha value is -10.7. The molecule has 1 aliphatic carbocycles. The van der Waals surface area contributed by atoms with Crippen molar-refractivity contribution in [3.8, 4) is 33.9 Å². The summed E-state index contributed by atoms with van der Waals surface area (Å²) in [5.74, 6) is 0. The van der Waals surface area contributed by atoms with E-state index >= 15 is 0 Å². The van der Waals surface area contributed by atoms with Crippen LogP contribution >= 0.6 is 0 Å². The largest absolute Gasteiger partial charge is 0.306 e. The van der Waals surface area contributed by atoms with Gasteiger partial charge >= 0.3 is 0 Å². The Kier molecular flexibility index (Phi) is 8.48. The zero-order valence-electron chi connectivity index (χ0n) is 40.8. The average molecular weight is 987 g/mol. The molecule has 12 heteroatoms. The van der Waals surface area contributed by atoms with Crippen LogP contribution in [0.25, 0.3) is 122 Å². The predicted molar refractivity (Wildman–Crippen MR) is 303 cm³/mol. The topological polar surface area (TPSA) is 123 Å². The monoisotopic (exact) mass is 986 g/mol. The summed E-state index contributed by atoms with van der Waals surface area (Å²) in [5, 5.41) is 0. The van der Waals surface area contributed by atoms with E-state index in [1.54, 1.807) is 0 Å². The molecule has 0 saturated carbocycles.